The second kappa shape index (κ2) is 9.03. The van der Waals surface area contributed by atoms with Crippen LogP contribution in [0.2, 0.25) is 0 Å². The predicted octanol–water partition coefficient (Wildman–Crippen LogP) is 1.59. The maximum absolute atomic E-state index is 13.8. The van der Waals surface area contributed by atoms with Crippen molar-refractivity contribution in [3.05, 3.63) is 35.1 Å². The van der Waals surface area contributed by atoms with Gasteiger partial charge in [0.2, 0.25) is 5.91 Å². The molecule has 0 saturated carbocycles. The first-order chi connectivity index (χ1) is 12.9. The van der Waals surface area contributed by atoms with E-state index in [0.717, 1.165) is 32.0 Å². The van der Waals surface area contributed by atoms with Gasteiger partial charge in [0, 0.05) is 44.1 Å². The number of rotatable bonds is 8. The van der Waals surface area contributed by atoms with E-state index in [4.69, 9.17) is 10.5 Å². The second-order valence-corrected chi connectivity index (χ2v) is 7.47. The molecular weight excluding hydrogens is 359 g/mol. The van der Waals surface area contributed by atoms with Crippen LogP contribution < -0.4 is 11.1 Å². The Kier molecular flexibility index (Phi) is 6.73. The smallest absolute Gasteiger partial charge is 0.224 e. The number of carbonyl (C=O) groups is 1. The van der Waals surface area contributed by atoms with E-state index in [2.05, 4.69) is 5.32 Å². The molecule has 0 radical (unpaired) electrons. The van der Waals surface area contributed by atoms with E-state index in [1.165, 1.54) is 0 Å². The number of nitrogens with two attached hydrogens (primary N) is 1. The second-order valence-electron chi connectivity index (χ2n) is 7.47. The lowest BCUT2D eigenvalue weighted by Gasteiger charge is -2.29. The highest BCUT2D eigenvalue weighted by atomic mass is 19.2. The van der Waals surface area contributed by atoms with E-state index in [0.29, 0.717) is 31.7 Å². The Bertz CT molecular complexity index is 670. The summed E-state index contributed by atoms with van der Waals surface area (Å²) in [5, 5.41) is 3.19. The number of amides is 1. The lowest BCUT2D eigenvalue weighted by molar-refractivity contribution is -0.133. The molecule has 0 bridgehead atoms. The number of benzene rings is 1. The zero-order valence-corrected chi connectivity index (χ0v) is 15.2. The average molecular weight is 385 g/mol. The fourth-order valence-electron chi connectivity index (χ4n) is 3.59. The molecule has 2 fully saturated rings. The molecule has 1 aromatic rings. The van der Waals surface area contributed by atoms with Gasteiger partial charge in [0.05, 0.1) is 19.3 Å². The first-order valence-corrected chi connectivity index (χ1v) is 9.41. The first-order valence-electron chi connectivity index (χ1n) is 9.41. The number of nitrogens with one attached hydrogen (secondary N) is 1. The number of carbonyl (C=O) groups excluding carboxylic acids is 1. The topological polar surface area (TPSA) is 67.6 Å². The average Bonchev–Trinajstić information content (AvgIpc) is 3.03. The zero-order valence-electron chi connectivity index (χ0n) is 15.2. The fraction of sp³-hybridized carbons (Fsp3) is 0.632. The normalized spacial score (nSPS) is 21.3. The molecule has 2 heterocycles. The van der Waals surface area contributed by atoms with E-state index >= 15 is 0 Å². The third-order valence-electron chi connectivity index (χ3n) is 5.24. The van der Waals surface area contributed by atoms with Crippen molar-refractivity contribution in [2.24, 2.45) is 11.7 Å². The van der Waals surface area contributed by atoms with E-state index in [1.807, 2.05) is 0 Å². The highest BCUT2D eigenvalue weighted by Gasteiger charge is 2.30. The van der Waals surface area contributed by atoms with Crippen LogP contribution in [0.15, 0.2) is 12.1 Å². The number of likely N-dealkylation sites (tertiary alicyclic amines) is 1. The third kappa shape index (κ3) is 5.21. The van der Waals surface area contributed by atoms with E-state index in [1.54, 1.807) is 4.90 Å². The van der Waals surface area contributed by atoms with E-state index < -0.39 is 23.5 Å². The zero-order chi connectivity index (χ0) is 19.4. The van der Waals surface area contributed by atoms with Crippen molar-refractivity contribution in [2.75, 3.05) is 32.8 Å². The summed E-state index contributed by atoms with van der Waals surface area (Å²) >= 11 is 0. The molecule has 150 valence electrons. The molecule has 0 aromatic heterocycles. The van der Waals surface area contributed by atoms with Gasteiger partial charge in [0.1, 0.15) is 5.82 Å². The number of hydrogen-bond acceptors (Lipinski definition) is 4. The SMILES string of the molecule is N[C@@H](CC(=O)N1CCCC1COCC1CNC1)Cc1cc(F)c(F)cc1F. The van der Waals surface area contributed by atoms with Crippen LogP contribution in [-0.2, 0) is 16.0 Å². The molecular formula is C19H26F3N3O2. The van der Waals surface area contributed by atoms with Gasteiger partial charge in [0.25, 0.3) is 0 Å². The summed E-state index contributed by atoms with van der Waals surface area (Å²) < 4.78 is 45.8. The highest BCUT2D eigenvalue weighted by molar-refractivity contribution is 5.77. The van der Waals surface area contributed by atoms with E-state index in [9.17, 15) is 18.0 Å². The van der Waals surface area contributed by atoms with Crippen molar-refractivity contribution in [2.45, 2.75) is 37.8 Å². The Balaban J connectivity index is 1.48. The van der Waals surface area contributed by atoms with Crippen LogP contribution >= 0.6 is 0 Å². The van der Waals surface area contributed by atoms with Crippen LogP contribution in [-0.4, -0.2) is 55.7 Å². The molecule has 2 saturated heterocycles. The Morgan fingerprint density at radius 3 is 2.67 bits per heavy atom. The van der Waals surface area contributed by atoms with Crippen molar-refractivity contribution < 1.29 is 22.7 Å². The number of halogens is 3. The lowest BCUT2D eigenvalue weighted by atomic mass is 10.0. The van der Waals surface area contributed by atoms with Gasteiger partial charge in [-0.15, -0.1) is 0 Å². The van der Waals surface area contributed by atoms with E-state index in [-0.39, 0.29) is 30.4 Å². The van der Waals surface area contributed by atoms with Gasteiger partial charge >= 0.3 is 0 Å². The Hall–Kier alpha value is -1.64. The lowest BCUT2D eigenvalue weighted by Crippen LogP contribution is -2.45. The standard InChI is InChI=1S/C19H26F3N3O2/c20-16-7-18(22)17(21)5-13(16)4-14(23)6-19(26)25-3-1-2-15(25)11-27-10-12-8-24-9-12/h5,7,12,14-15,24H,1-4,6,8-11,23H2/t14-,15?/m1/s1. The van der Waals surface area contributed by atoms with Crippen molar-refractivity contribution in [3.63, 3.8) is 0 Å². The van der Waals surface area contributed by atoms with Gasteiger partial charge in [-0.25, -0.2) is 13.2 Å². The molecule has 5 nitrogen and oxygen atoms in total. The maximum atomic E-state index is 13.8. The molecule has 27 heavy (non-hydrogen) atoms. The predicted molar refractivity (Wildman–Crippen MR) is 94.5 cm³/mol. The maximum Gasteiger partial charge on any atom is 0.224 e. The number of ether oxygens (including phenoxy) is 1. The minimum Gasteiger partial charge on any atom is -0.379 e. The van der Waals surface area contributed by atoms with Gasteiger partial charge in [-0.2, -0.15) is 0 Å². The fourth-order valence-corrected chi connectivity index (χ4v) is 3.59. The minimum atomic E-state index is -1.24. The minimum absolute atomic E-state index is 0.0235. The number of nitrogens with zero attached hydrogens (tertiary/aromatic N) is 1. The molecule has 0 aliphatic carbocycles. The molecule has 3 N–H and O–H groups in total. The third-order valence-corrected chi connectivity index (χ3v) is 5.24. The summed E-state index contributed by atoms with van der Waals surface area (Å²) in [5.41, 5.74) is 5.95. The largest absolute Gasteiger partial charge is 0.379 e. The number of hydrogen-bond donors (Lipinski definition) is 2. The summed E-state index contributed by atoms with van der Waals surface area (Å²) in [7, 11) is 0. The van der Waals surface area contributed by atoms with Crippen LogP contribution in [0.4, 0.5) is 13.2 Å². The van der Waals surface area contributed by atoms with Gasteiger partial charge in [-0.05, 0) is 30.9 Å². The molecule has 3 rings (SSSR count). The van der Waals surface area contributed by atoms with Crippen molar-refractivity contribution >= 4 is 5.91 Å². The molecule has 1 aromatic carbocycles. The summed E-state index contributed by atoms with van der Waals surface area (Å²) in [6.45, 7) is 3.81. The van der Waals surface area contributed by atoms with Crippen LogP contribution in [0.3, 0.4) is 0 Å². The summed E-state index contributed by atoms with van der Waals surface area (Å²) in [5.74, 6) is -2.77. The van der Waals surface area contributed by atoms with Crippen LogP contribution in [0.5, 0.6) is 0 Å². The van der Waals surface area contributed by atoms with Crippen molar-refractivity contribution in [3.8, 4) is 0 Å². The van der Waals surface area contributed by atoms with Gasteiger partial charge in [-0.3, -0.25) is 4.79 Å². The van der Waals surface area contributed by atoms with Crippen molar-refractivity contribution in [1.29, 1.82) is 0 Å². The van der Waals surface area contributed by atoms with Gasteiger partial charge in [-0.1, -0.05) is 0 Å². The first kappa shape index (κ1) is 20.1. The quantitative estimate of drug-likeness (QED) is 0.667. The van der Waals surface area contributed by atoms with Crippen molar-refractivity contribution in [1.82, 2.24) is 10.2 Å². The van der Waals surface area contributed by atoms with Crippen LogP contribution in [0, 0.1) is 23.4 Å². The molecule has 1 amide bonds. The molecule has 8 heteroatoms. The monoisotopic (exact) mass is 385 g/mol. The van der Waals surface area contributed by atoms with Crippen LogP contribution in [0.25, 0.3) is 0 Å². The molecule has 0 spiro atoms. The van der Waals surface area contributed by atoms with Gasteiger partial charge in [0.15, 0.2) is 11.6 Å². The molecule has 1 unspecified atom stereocenters. The summed E-state index contributed by atoms with van der Waals surface area (Å²) in [4.78, 5) is 14.4. The molecule has 2 aliphatic heterocycles. The Morgan fingerprint density at radius 1 is 1.22 bits per heavy atom. The molecule has 2 atom stereocenters. The van der Waals surface area contributed by atoms with Crippen LogP contribution in [0.1, 0.15) is 24.8 Å². The Morgan fingerprint density at radius 2 is 1.96 bits per heavy atom. The van der Waals surface area contributed by atoms with Gasteiger partial charge < -0.3 is 20.7 Å². The summed E-state index contributed by atoms with van der Waals surface area (Å²) in [6.07, 6.45) is 1.80. The molecule has 2 aliphatic rings. The Labute approximate surface area is 157 Å². The summed E-state index contributed by atoms with van der Waals surface area (Å²) in [6, 6.07) is 0.680. The highest BCUT2D eigenvalue weighted by Crippen LogP contribution is 2.21.